The normalized spacial score (nSPS) is 10.7. The third-order valence-corrected chi connectivity index (χ3v) is 4.26. The van der Waals surface area contributed by atoms with Gasteiger partial charge in [0.2, 0.25) is 0 Å². The number of nitrogens with one attached hydrogen (secondary N) is 1. The van der Waals surface area contributed by atoms with Crippen molar-refractivity contribution in [3.63, 3.8) is 0 Å². The third kappa shape index (κ3) is 4.28. The van der Waals surface area contributed by atoms with Crippen molar-refractivity contribution in [2.75, 3.05) is 21.3 Å². The molecule has 1 amide bonds. The summed E-state index contributed by atoms with van der Waals surface area (Å²) >= 11 is 3.42. The molecule has 1 aromatic carbocycles. The zero-order valence-electron chi connectivity index (χ0n) is 15.1. The molecule has 0 fully saturated rings. The number of nitrogens with zero attached hydrogens (tertiary/aromatic N) is 1. The van der Waals surface area contributed by atoms with E-state index in [2.05, 4.69) is 21.2 Å². The Balaban J connectivity index is 2.22. The maximum absolute atomic E-state index is 12.6. The molecule has 0 unspecified atom stereocenters. The van der Waals surface area contributed by atoms with Crippen LogP contribution in [0.3, 0.4) is 0 Å². The Morgan fingerprint density at radius 2 is 1.68 bits per heavy atom. The van der Waals surface area contributed by atoms with Crippen molar-refractivity contribution in [3.05, 3.63) is 40.1 Å². The largest absolute Gasteiger partial charge is 0.496 e. The van der Waals surface area contributed by atoms with E-state index in [-0.39, 0.29) is 11.9 Å². The lowest BCUT2D eigenvalue weighted by molar-refractivity contribution is 0.0940. The molecule has 136 valence electrons. The molecule has 1 aromatic heterocycles. The molecule has 0 atom stereocenters. The number of benzene rings is 1. The molecular weight excluding hydrogens is 388 g/mol. The zero-order valence-corrected chi connectivity index (χ0v) is 16.6. The quantitative estimate of drug-likeness (QED) is 0.753. The van der Waals surface area contributed by atoms with Gasteiger partial charge in [0.05, 0.1) is 21.3 Å². The fraction of sp³-hybridized carbons (Fsp3) is 0.389. The topological polar surface area (TPSA) is 61.7 Å². The zero-order chi connectivity index (χ0) is 18.6. The molecule has 2 aromatic rings. The van der Waals surface area contributed by atoms with E-state index in [4.69, 9.17) is 14.2 Å². The molecule has 1 N–H and O–H groups in total. The summed E-state index contributed by atoms with van der Waals surface area (Å²) in [5, 5.41) is 2.93. The minimum absolute atomic E-state index is 0.156. The van der Waals surface area contributed by atoms with Crippen molar-refractivity contribution < 1.29 is 19.0 Å². The van der Waals surface area contributed by atoms with Gasteiger partial charge in [-0.3, -0.25) is 4.79 Å². The number of carbonyl (C=O) groups excluding carboxylic acids is 1. The minimum Gasteiger partial charge on any atom is -0.496 e. The summed E-state index contributed by atoms with van der Waals surface area (Å²) in [4.78, 5) is 12.6. The van der Waals surface area contributed by atoms with Crippen LogP contribution in [0.15, 0.2) is 28.9 Å². The molecule has 0 aliphatic rings. The summed E-state index contributed by atoms with van der Waals surface area (Å²) in [5.41, 5.74) is 1.40. The highest BCUT2D eigenvalue weighted by Crippen LogP contribution is 2.34. The van der Waals surface area contributed by atoms with Crippen LogP contribution in [0.5, 0.6) is 17.2 Å². The Morgan fingerprint density at radius 1 is 1.08 bits per heavy atom. The van der Waals surface area contributed by atoms with Crippen molar-refractivity contribution in [1.82, 2.24) is 9.88 Å². The van der Waals surface area contributed by atoms with Crippen LogP contribution in [0.4, 0.5) is 0 Å². The van der Waals surface area contributed by atoms with Crippen LogP contribution in [0.25, 0.3) is 0 Å². The van der Waals surface area contributed by atoms with Gasteiger partial charge in [-0.15, -0.1) is 0 Å². The van der Waals surface area contributed by atoms with Crippen molar-refractivity contribution in [3.8, 4) is 17.2 Å². The molecular formula is C18H23BrN2O4. The molecule has 0 spiro atoms. The smallest absolute Gasteiger partial charge is 0.268 e. The summed E-state index contributed by atoms with van der Waals surface area (Å²) in [6.07, 6.45) is 1.90. The second-order valence-electron chi connectivity index (χ2n) is 5.75. The molecule has 2 rings (SSSR count). The minimum atomic E-state index is -0.156. The highest BCUT2D eigenvalue weighted by atomic mass is 79.9. The summed E-state index contributed by atoms with van der Waals surface area (Å²) < 4.78 is 18.8. The van der Waals surface area contributed by atoms with E-state index in [1.54, 1.807) is 39.5 Å². The van der Waals surface area contributed by atoms with E-state index in [0.717, 1.165) is 10.0 Å². The first-order valence-electron chi connectivity index (χ1n) is 7.85. The van der Waals surface area contributed by atoms with Gasteiger partial charge in [-0.05, 0) is 41.9 Å². The van der Waals surface area contributed by atoms with Crippen molar-refractivity contribution in [2.24, 2.45) is 0 Å². The molecule has 0 bridgehead atoms. The summed E-state index contributed by atoms with van der Waals surface area (Å²) in [7, 11) is 4.71. The molecule has 0 radical (unpaired) electrons. The number of halogens is 1. The Morgan fingerprint density at radius 3 is 2.24 bits per heavy atom. The van der Waals surface area contributed by atoms with Gasteiger partial charge in [-0.25, -0.2) is 0 Å². The fourth-order valence-corrected chi connectivity index (χ4v) is 2.99. The average Bonchev–Trinajstić information content (AvgIpc) is 3.01. The summed E-state index contributed by atoms with van der Waals surface area (Å²) in [6, 6.07) is 5.53. The van der Waals surface area contributed by atoms with Crippen molar-refractivity contribution >= 4 is 21.8 Å². The second-order valence-corrected chi connectivity index (χ2v) is 6.66. The van der Waals surface area contributed by atoms with Gasteiger partial charge in [-0.1, -0.05) is 0 Å². The van der Waals surface area contributed by atoms with Gasteiger partial charge in [-0.2, -0.15) is 0 Å². The van der Waals surface area contributed by atoms with E-state index in [1.165, 1.54) is 0 Å². The average molecular weight is 411 g/mol. The van der Waals surface area contributed by atoms with Gasteiger partial charge >= 0.3 is 0 Å². The number of hydrogen-bond donors (Lipinski definition) is 1. The first kappa shape index (κ1) is 19.2. The molecule has 6 nitrogen and oxygen atoms in total. The van der Waals surface area contributed by atoms with Crippen LogP contribution in [0.2, 0.25) is 0 Å². The van der Waals surface area contributed by atoms with Gasteiger partial charge in [0.1, 0.15) is 11.4 Å². The molecule has 0 saturated carbocycles. The third-order valence-electron chi connectivity index (χ3n) is 3.83. The predicted molar refractivity (Wildman–Crippen MR) is 99.8 cm³/mol. The number of methoxy groups -OCH3 is 3. The maximum Gasteiger partial charge on any atom is 0.268 e. The van der Waals surface area contributed by atoms with Crippen LogP contribution in [-0.2, 0) is 6.54 Å². The van der Waals surface area contributed by atoms with Crippen LogP contribution in [0, 0.1) is 0 Å². The van der Waals surface area contributed by atoms with Crippen LogP contribution >= 0.6 is 15.9 Å². The molecule has 0 aliphatic carbocycles. The Hall–Kier alpha value is -2.15. The Kier molecular flexibility index (Phi) is 6.36. The Bertz CT molecular complexity index is 756. The number of carbonyl (C=O) groups is 1. The predicted octanol–water partition coefficient (Wildman–Crippen LogP) is 3.79. The summed E-state index contributed by atoms with van der Waals surface area (Å²) in [5.74, 6) is 1.63. The van der Waals surface area contributed by atoms with E-state index in [0.29, 0.717) is 29.5 Å². The monoisotopic (exact) mass is 410 g/mol. The fourth-order valence-electron chi connectivity index (χ4n) is 2.55. The first-order valence-corrected chi connectivity index (χ1v) is 8.65. The van der Waals surface area contributed by atoms with Gasteiger partial charge in [0, 0.05) is 34.9 Å². The molecule has 0 saturated heterocycles. The molecule has 1 heterocycles. The van der Waals surface area contributed by atoms with Crippen molar-refractivity contribution in [1.29, 1.82) is 0 Å². The van der Waals surface area contributed by atoms with Crippen molar-refractivity contribution in [2.45, 2.75) is 26.4 Å². The van der Waals surface area contributed by atoms with Gasteiger partial charge < -0.3 is 24.1 Å². The maximum atomic E-state index is 12.6. The summed E-state index contributed by atoms with van der Waals surface area (Å²) in [6.45, 7) is 4.37. The number of aromatic nitrogens is 1. The van der Waals surface area contributed by atoms with Gasteiger partial charge in [0.25, 0.3) is 5.91 Å². The lowest BCUT2D eigenvalue weighted by atomic mass is 10.1. The van der Waals surface area contributed by atoms with E-state index >= 15 is 0 Å². The first-order chi connectivity index (χ1) is 11.9. The molecule has 0 aliphatic heterocycles. The number of rotatable bonds is 7. The lowest BCUT2D eigenvalue weighted by Crippen LogP contribution is -2.26. The molecule has 25 heavy (non-hydrogen) atoms. The van der Waals surface area contributed by atoms with E-state index in [1.807, 2.05) is 24.6 Å². The standard InChI is InChI=1S/C18H23BrN2O4/c1-11(2)21-10-13(19)7-14(21)18(22)20-9-12-6-16(24-4)17(25-5)8-15(12)23-3/h6-8,10-11H,9H2,1-5H3,(H,20,22). The van der Waals surface area contributed by atoms with Crippen LogP contribution in [0.1, 0.15) is 35.9 Å². The second kappa shape index (κ2) is 8.29. The van der Waals surface area contributed by atoms with E-state index < -0.39 is 0 Å². The number of hydrogen-bond acceptors (Lipinski definition) is 4. The molecule has 7 heteroatoms. The number of ether oxygens (including phenoxy) is 3. The highest BCUT2D eigenvalue weighted by molar-refractivity contribution is 9.10. The van der Waals surface area contributed by atoms with Crippen LogP contribution in [-0.4, -0.2) is 31.8 Å². The Labute approximate surface area is 156 Å². The van der Waals surface area contributed by atoms with E-state index in [9.17, 15) is 4.79 Å². The highest BCUT2D eigenvalue weighted by Gasteiger charge is 2.17. The van der Waals surface area contributed by atoms with Gasteiger partial charge in [0.15, 0.2) is 11.5 Å². The lowest BCUT2D eigenvalue weighted by Gasteiger charge is -2.16. The SMILES string of the molecule is COc1cc(OC)c(OC)cc1CNC(=O)c1cc(Br)cn1C(C)C. The van der Waals surface area contributed by atoms with Crippen LogP contribution < -0.4 is 19.5 Å². The number of amides is 1.